The van der Waals surface area contributed by atoms with Crippen LogP contribution in [-0.4, -0.2) is 15.5 Å². The highest BCUT2D eigenvalue weighted by molar-refractivity contribution is 7.89. The monoisotopic (exact) mass is 228 g/mol. The van der Waals surface area contributed by atoms with Crippen molar-refractivity contribution in [1.82, 2.24) is 4.72 Å². The summed E-state index contributed by atoms with van der Waals surface area (Å²) in [6, 6.07) is 6.59. The van der Waals surface area contributed by atoms with Crippen molar-refractivity contribution >= 4 is 10.0 Å². The zero-order chi connectivity index (χ0) is 11.5. The van der Waals surface area contributed by atoms with Gasteiger partial charge in [-0.15, -0.1) is 0 Å². The Labute approximate surface area is 90.5 Å². The molecule has 84 valence electrons. The molecule has 0 aromatic heterocycles. The van der Waals surface area contributed by atoms with Gasteiger partial charge in [0.15, 0.2) is 0 Å². The van der Waals surface area contributed by atoms with Crippen molar-refractivity contribution in [3.63, 3.8) is 0 Å². The van der Waals surface area contributed by atoms with E-state index in [0.29, 0.717) is 0 Å². The number of benzene rings is 1. The topological polar surface area (TPSA) is 72.2 Å². The fraction of sp³-hybridized carbons (Fsp3) is 0.400. The molecule has 1 unspecified atom stereocenters. The zero-order valence-electron chi connectivity index (χ0n) is 8.90. The third-order valence-corrected chi connectivity index (χ3v) is 3.72. The molecule has 0 radical (unpaired) electrons. The maximum absolute atomic E-state index is 11.5. The summed E-state index contributed by atoms with van der Waals surface area (Å²) in [7, 11) is -1.98. The molecule has 15 heavy (non-hydrogen) atoms. The minimum absolute atomic E-state index is 0.114. The largest absolute Gasteiger partial charge is 0.324 e. The SMILES string of the molecule is CCC(N)c1cccc(S(=O)(=O)NC)c1. The van der Waals surface area contributed by atoms with Crippen molar-refractivity contribution in [3.05, 3.63) is 29.8 Å². The van der Waals surface area contributed by atoms with E-state index < -0.39 is 10.0 Å². The Morgan fingerprint density at radius 3 is 2.67 bits per heavy atom. The predicted molar refractivity (Wildman–Crippen MR) is 59.9 cm³/mol. The van der Waals surface area contributed by atoms with Crippen LogP contribution in [0.15, 0.2) is 29.2 Å². The van der Waals surface area contributed by atoms with Gasteiger partial charge in [-0.05, 0) is 31.2 Å². The fourth-order valence-corrected chi connectivity index (χ4v) is 2.05. The number of sulfonamides is 1. The average molecular weight is 228 g/mol. The lowest BCUT2D eigenvalue weighted by atomic mass is 10.1. The number of nitrogens with one attached hydrogen (secondary N) is 1. The van der Waals surface area contributed by atoms with Gasteiger partial charge >= 0.3 is 0 Å². The Morgan fingerprint density at radius 2 is 2.13 bits per heavy atom. The standard InChI is InChI=1S/C10H16N2O2S/c1-3-10(11)8-5-4-6-9(7-8)15(13,14)12-2/h4-7,10,12H,3,11H2,1-2H3. The molecule has 5 heteroatoms. The van der Waals surface area contributed by atoms with Crippen LogP contribution in [0.3, 0.4) is 0 Å². The van der Waals surface area contributed by atoms with Crippen LogP contribution in [-0.2, 0) is 10.0 Å². The van der Waals surface area contributed by atoms with Gasteiger partial charge in [-0.3, -0.25) is 0 Å². The van der Waals surface area contributed by atoms with Crippen molar-refractivity contribution in [3.8, 4) is 0 Å². The van der Waals surface area contributed by atoms with E-state index in [1.807, 2.05) is 13.0 Å². The Bertz CT molecular complexity index is 429. The van der Waals surface area contributed by atoms with Crippen LogP contribution in [0.1, 0.15) is 24.9 Å². The zero-order valence-corrected chi connectivity index (χ0v) is 9.71. The number of nitrogens with two attached hydrogens (primary N) is 1. The predicted octanol–water partition coefficient (Wildman–Crippen LogP) is 1.00. The summed E-state index contributed by atoms with van der Waals surface area (Å²) in [5.74, 6) is 0. The lowest BCUT2D eigenvalue weighted by molar-refractivity contribution is 0.587. The maximum Gasteiger partial charge on any atom is 0.240 e. The van der Waals surface area contributed by atoms with E-state index in [-0.39, 0.29) is 10.9 Å². The molecule has 0 aliphatic carbocycles. The second-order valence-corrected chi connectivity index (χ2v) is 5.18. The molecule has 0 heterocycles. The minimum Gasteiger partial charge on any atom is -0.324 e. The summed E-state index contributed by atoms with van der Waals surface area (Å²) in [6.45, 7) is 1.96. The van der Waals surface area contributed by atoms with E-state index in [4.69, 9.17) is 5.73 Å². The normalized spacial score (nSPS) is 13.8. The molecule has 1 rings (SSSR count). The van der Waals surface area contributed by atoms with Gasteiger partial charge in [0.2, 0.25) is 10.0 Å². The first-order valence-corrected chi connectivity index (χ1v) is 6.28. The molecule has 0 saturated heterocycles. The van der Waals surface area contributed by atoms with Crippen LogP contribution >= 0.6 is 0 Å². The van der Waals surface area contributed by atoms with Gasteiger partial charge in [0.1, 0.15) is 0 Å². The molecular formula is C10H16N2O2S. The van der Waals surface area contributed by atoms with Crippen LogP contribution in [0.2, 0.25) is 0 Å². The van der Waals surface area contributed by atoms with E-state index in [1.54, 1.807) is 18.2 Å². The van der Waals surface area contributed by atoms with Gasteiger partial charge in [-0.25, -0.2) is 13.1 Å². The average Bonchev–Trinajstić information content (AvgIpc) is 2.28. The maximum atomic E-state index is 11.5. The Balaban J connectivity index is 3.14. The van der Waals surface area contributed by atoms with Gasteiger partial charge in [0, 0.05) is 6.04 Å². The van der Waals surface area contributed by atoms with E-state index in [0.717, 1.165) is 12.0 Å². The molecule has 0 fully saturated rings. The van der Waals surface area contributed by atoms with E-state index in [1.165, 1.54) is 7.05 Å². The van der Waals surface area contributed by atoms with Gasteiger partial charge in [0.25, 0.3) is 0 Å². The third kappa shape index (κ3) is 2.77. The molecule has 0 amide bonds. The van der Waals surface area contributed by atoms with E-state index >= 15 is 0 Å². The van der Waals surface area contributed by atoms with Crippen molar-refractivity contribution in [2.45, 2.75) is 24.3 Å². The molecule has 0 saturated carbocycles. The molecule has 0 aliphatic rings. The van der Waals surface area contributed by atoms with Crippen LogP contribution in [0.4, 0.5) is 0 Å². The molecule has 0 bridgehead atoms. The van der Waals surface area contributed by atoms with Crippen LogP contribution < -0.4 is 10.5 Å². The number of rotatable bonds is 4. The van der Waals surface area contributed by atoms with E-state index in [2.05, 4.69) is 4.72 Å². The summed E-state index contributed by atoms with van der Waals surface area (Å²) in [5.41, 5.74) is 6.67. The molecule has 0 aliphatic heterocycles. The molecule has 4 nitrogen and oxygen atoms in total. The number of hydrogen-bond acceptors (Lipinski definition) is 3. The Hall–Kier alpha value is -0.910. The molecular weight excluding hydrogens is 212 g/mol. The van der Waals surface area contributed by atoms with Gasteiger partial charge < -0.3 is 5.73 Å². The first-order chi connectivity index (χ1) is 7.01. The third-order valence-electron chi connectivity index (χ3n) is 2.31. The minimum atomic E-state index is -3.37. The molecule has 1 aromatic carbocycles. The second kappa shape index (κ2) is 4.74. The lowest BCUT2D eigenvalue weighted by Gasteiger charge is -2.10. The van der Waals surface area contributed by atoms with Crippen molar-refractivity contribution < 1.29 is 8.42 Å². The first kappa shape index (κ1) is 12.2. The summed E-state index contributed by atoms with van der Waals surface area (Å²) in [5, 5.41) is 0. The van der Waals surface area contributed by atoms with Gasteiger partial charge in [-0.2, -0.15) is 0 Å². The molecule has 1 atom stereocenters. The van der Waals surface area contributed by atoms with E-state index in [9.17, 15) is 8.42 Å². The molecule has 3 N–H and O–H groups in total. The van der Waals surface area contributed by atoms with Crippen molar-refractivity contribution in [2.75, 3.05) is 7.05 Å². The molecule has 1 aromatic rings. The Morgan fingerprint density at radius 1 is 1.47 bits per heavy atom. The van der Waals surface area contributed by atoms with Crippen LogP contribution in [0.25, 0.3) is 0 Å². The van der Waals surface area contributed by atoms with Crippen LogP contribution in [0.5, 0.6) is 0 Å². The Kier molecular flexibility index (Phi) is 3.84. The number of hydrogen-bond donors (Lipinski definition) is 2. The van der Waals surface area contributed by atoms with Gasteiger partial charge in [-0.1, -0.05) is 19.1 Å². The highest BCUT2D eigenvalue weighted by Gasteiger charge is 2.12. The highest BCUT2D eigenvalue weighted by Crippen LogP contribution is 2.17. The second-order valence-electron chi connectivity index (χ2n) is 3.29. The van der Waals surface area contributed by atoms with Crippen LogP contribution in [0, 0.1) is 0 Å². The fourth-order valence-electron chi connectivity index (χ4n) is 1.27. The van der Waals surface area contributed by atoms with Crippen molar-refractivity contribution in [1.29, 1.82) is 0 Å². The summed E-state index contributed by atoms with van der Waals surface area (Å²) in [6.07, 6.45) is 0.781. The first-order valence-electron chi connectivity index (χ1n) is 4.80. The summed E-state index contributed by atoms with van der Waals surface area (Å²) >= 11 is 0. The van der Waals surface area contributed by atoms with Gasteiger partial charge in [0.05, 0.1) is 4.90 Å². The smallest absolute Gasteiger partial charge is 0.240 e. The lowest BCUT2D eigenvalue weighted by Crippen LogP contribution is -2.19. The highest BCUT2D eigenvalue weighted by atomic mass is 32.2. The quantitative estimate of drug-likeness (QED) is 0.807. The summed E-state index contributed by atoms with van der Waals surface area (Å²) < 4.78 is 25.3. The van der Waals surface area contributed by atoms with Crippen molar-refractivity contribution in [2.24, 2.45) is 5.73 Å². The molecule has 0 spiro atoms. The summed E-state index contributed by atoms with van der Waals surface area (Å²) in [4.78, 5) is 0.256.